The summed E-state index contributed by atoms with van der Waals surface area (Å²) in [5.41, 5.74) is 4.62. The molecule has 0 unspecified atom stereocenters. The van der Waals surface area contributed by atoms with E-state index < -0.39 is 0 Å². The van der Waals surface area contributed by atoms with Crippen molar-refractivity contribution in [1.82, 2.24) is 14.4 Å². The van der Waals surface area contributed by atoms with Crippen molar-refractivity contribution >= 4 is 23.8 Å². The van der Waals surface area contributed by atoms with E-state index in [1.165, 1.54) is 37.0 Å². The van der Waals surface area contributed by atoms with Crippen LogP contribution in [0.1, 0.15) is 47.0 Å². The number of piperidine rings is 1. The molecule has 2 fully saturated rings. The molecule has 0 saturated carbocycles. The highest BCUT2D eigenvalue weighted by atomic mass is 19.1. The monoisotopic (exact) mass is 418 g/mol. The second-order valence-corrected chi connectivity index (χ2v) is 10.7. The number of hydrogen-bond acceptors (Lipinski definition) is 3. The molecule has 0 bridgehead atoms. The highest BCUT2D eigenvalue weighted by Crippen LogP contribution is 2.53. The van der Waals surface area contributed by atoms with Gasteiger partial charge in [-0.15, -0.1) is 0 Å². The smallest absolute Gasteiger partial charge is 0.202 e. The van der Waals surface area contributed by atoms with Crippen LogP contribution < -0.4 is 10.5 Å². The molecule has 2 saturated heterocycles. The van der Waals surface area contributed by atoms with E-state index in [1.807, 2.05) is 18.3 Å². The zero-order chi connectivity index (χ0) is 21.8. The molecule has 5 rings (SSSR count). The lowest BCUT2D eigenvalue weighted by Crippen LogP contribution is -2.34. The van der Waals surface area contributed by atoms with E-state index >= 15 is 0 Å². The molecule has 0 N–H and O–H groups in total. The predicted octanol–water partition coefficient (Wildman–Crippen LogP) is 5.29. The normalized spacial score (nSPS) is 20.5. The maximum atomic E-state index is 13.7. The topological polar surface area (TPSA) is 33.4 Å². The number of hydrogen-bond donors (Lipinski definition) is 0. The van der Waals surface area contributed by atoms with Crippen molar-refractivity contribution in [3.8, 4) is 11.3 Å². The molecular weight excluding hydrogens is 386 g/mol. The molecule has 1 aromatic carbocycles. The van der Waals surface area contributed by atoms with Crippen molar-refractivity contribution in [2.75, 3.05) is 18.0 Å². The molecule has 31 heavy (non-hydrogen) atoms. The molecule has 4 heterocycles. The second kappa shape index (κ2) is 7.35. The van der Waals surface area contributed by atoms with Gasteiger partial charge in [0.15, 0.2) is 11.5 Å². The largest absolute Gasteiger partial charge is 0.354 e. The van der Waals surface area contributed by atoms with Gasteiger partial charge in [0.05, 0.1) is 5.69 Å². The Hall–Kier alpha value is -2.37. The number of halogens is 1. The molecule has 2 aliphatic heterocycles. The van der Waals surface area contributed by atoms with Crippen molar-refractivity contribution < 1.29 is 4.39 Å². The third-order valence-corrected chi connectivity index (χ3v) is 8.07. The van der Waals surface area contributed by atoms with E-state index in [1.54, 1.807) is 0 Å². The third kappa shape index (κ3) is 3.44. The maximum Gasteiger partial charge on any atom is 0.202 e. The van der Waals surface area contributed by atoms with Crippen LogP contribution in [-0.4, -0.2) is 34.2 Å². The van der Waals surface area contributed by atoms with E-state index in [0.29, 0.717) is 6.71 Å². The van der Waals surface area contributed by atoms with Crippen LogP contribution in [0.2, 0.25) is 12.6 Å². The van der Waals surface area contributed by atoms with Crippen LogP contribution in [0.25, 0.3) is 16.9 Å². The average Bonchev–Trinajstić information content (AvgIpc) is 3.23. The molecule has 2 aromatic heterocycles. The minimum Gasteiger partial charge on any atom is -0.354 e. The van der Waals surface area contributed by atoms with E-state index in [0.717, 1.165) is 48.5 Å². The molecule has 0 radical (unpaired) electrons. The third-order valence-electron chi connectivity index (χ3n) is 8.07. The van der Waals surface area contributed by atoms with Gasteiger partial charge < -0.3 is 9.30 Å². The Bertz CT molecular complexity index is 1080. The maximum absolute atomic E-state index is 13.7. The summed E-state index contributed by atoms with van der Waals surface area (Å²) in [4.78, 5) is 12.3. The van der Waals surface area contributed by atoms with Crippen LogP contribution in [0.3, 0.4) is 0 Å². The predicted molar refractivity (Wildman–Crippen MR) is 127 cm³/mol. The zero-order valence-corrected chi connectivity index (χ0v) is 19.2. The SMILES string of the molecule is CC1(C)CB(c2c(-c3ccc(F)cc3)nc3c(N4CCCCC4)nccn23)CC1(C)C. The Labute approximate surface area is 185 Å². The molecule has 0 atom stereocenters. The second-order valence-electron chi connectivity index (χ2n) is 10.7. The first-order chi connectivity index (χ1) is 14.8. The molecule has 4 nitrogen and oxygen atoms in total. The molecule has 6 heteroatoms. The van der Waals surface area contributed by atoms with Crippen molar-refractivity contribution in [3.05, 3.63) is 42.5 Å². The van der Waals surface area contributed by atoms with Crippen LogP contribution in [0.5, 0.6) is 0 Å². The fraction of sp³-hybridized carbons (Fsp3) is 0.520. The first kappa shape index (κ1) is 20.5. The highest BCUT2D eigenvalue weighted by Gasteiger charge is 2.49. The quantitative estimate of drug-likeness (QED) is 0.542. The van der Waals surface area contributed by atoms with Gasteiger partial charge in [-0.2, -0.15) is 0 Å². The van der Waals surface area contributed by atoms with E-state index in [4.69, 9.17) is 9.97 Å². The van der Waals surface area contributed by atoms with Gasteiger partial charge in [0.1, 0.15) is 5.82 Å². The number of fused-ring (bicyclic) bond motifs is 1. The van der Waals surface area contributed by atoms with Gasteiger partial charge in [0, 0.05) is 36.6 Å². The molecular formula is C25H32BFN4. The van der Waals surface area contributed by atoms with Crippen LogP contribution in [-0.2, 0) is 0 Å². The standard InChI is InChI=1S/C25H32BFN4/c1-24(2)16-26(17-25(24,3)4)21-20(18-8-10-19(27)11-9-18)29-23-22(28-12-15-31(21)23)30-13-6-5-7-14-30/h8-12,15H,5-7,13-14,16-17H2,1-4H3. The van der Waals surface area contributed by atoms with Gasteiger partial charge in [-0.1, -0.05) is 40.3 Å². The summed E-state index contributed by atoms with van der Waals surface area (Å²) < 4.78 is 16.0. The van der Waals surface area contributed by atoms with Gasteiger partial charge in [-0.05, 0) is 54.4 Å². The van der Waals surface area contributed by atoms with Crippen LogP contribution >= 0.6 is 0 Å². The van der Waals surface area contributed by atoms with E-state index in [2.05, 4.69) is 43.2 Å². The molecule has 0 amide bonds. The molecule has 3 aromatic rings. The summed E-state index contributed by atoms with van der Waals surface area (Å²) >= 11 is 0. The first-order valence-electron chi connectivity index (χ1n) is 11.6. The van der Waals surface area contributed by atoms with Gasteiger partial charge in [0.2, 0.25) is 6.71 Å². The van der Waals surface area contributed by atoms with Crippen molar-refractivity contribution in [2.45, 2.75) is 59.6 Å². The first-order valence-corrected chi connectivity index (χ1v) is 11.6. The van der Waals surface area contributed by atoms with E-state index in [-0.39, 0.29) is 16.6 Å². The molecule has 0 spiro atoms. The summed E-state index contributed by atoms with van der Waals surface area (Å²) in [5, 5.41) is 0. The zero-order valence-electron chi connectivity index (χ0n) is 19.2. The number of imidazole rings is 1. The summed E-state index contributed by atoms with van der Waals surface area (Å²) in [6.45, 7) is 12.0. The van der Waals surface area contributed by atoms with Gasteiger partial charge in [-0.25, -0.2) is 14.4 Å². The fourth-order valence-corrected chi connectivity index (χ4v) is 5.57. The number of nitrogens with zero attached hydrogens (tertiary/aromatic N) is 4. The summed E-state index contributed by atoms with van der Waals surface area (Å²) in [5.74, 6) is 0.765. The Kier molecular flexibility index (Phi) is 4.87. The molecule has 0 aliphatic carbocycles. The number of benzene rings is 1. The lowest BCUT2D eigenvalue weighted by molar-refractivity contribution is 0.177. The van der Waals surface area contributed by atoms with Crippen molar-refractivity contribution in [2.24, 2.45) is 10.8 Å². The van der Waals surface area contributed by atoms with Crippen molar-refractivity contribution in [3.63, 3.8) is 0 Å². The fourth-order valence-electron chi connectivity index (χ4n) is 5.57. The number of rotatable bonds is 3. The minimum absolute atomic E-state index is 0.215. The van der Waals surface area contributed by atoms with Crippen LogP contribution in [0.4, 0.5) is 10.2 Å². The van der Waals surface area contributed by atoms with Gasteiger partial charge >= 0.3 is 0 Å². The molecule has 162 valence electrons. The van der Waals surface area contributed by atoms with Crippen LogP contribution in [0, 0.1) is 16.6 Å². The lowest BCUT2D eigenvalue weighted by atomic mass is 9.43. The Morgan fingerprint density at radius 2 is 1.58 bits per heavy atom. The Morgan fingerprint density at radius 3 is 2.23 bits per heavy atom. The number of aromatic nitrogens is 3. The summed E-state index contributed by atoms with van der Waals surface area (Å²) in [7, 11) is 0. The summed E-state index contributed by atoms with van der Waals surface area (Å²) in [6.07, 6.45) is 9.90. The summed E-state index contributed by atoms with van der Waals surface area (Å²) in [6, 6.07) is 6.80. The lowest BCUT2D eigenvalue weighted by Gasteiger charge is -2.35. The Morgan fingerprint density at radius 1 is 0.935 bits per heavy atom. The average molecular weight is 418 g/mol. The van der Waals surface area contributed by atoms with Gasteiger partial charge in [-0.3, -0.25) is 0 Å². The molecule has 2 aliphatic rings. The van der Waals surface area contributed by atoms with Gasteiger partial charge in [0.25, 0.3) is 0 Å². The minimum atomic E-state index is -0.215. The Balaban J connectivity index is 1.70. The van der Waals surface area contributed by atoms with E-state index in [9.17, 15) is 4.39 Å². The highest BCUT2D eigenvalue weighted by molar-refractivity contribution is 6.75. The van der Waals surface area contributed by atoms with Crippen molar-refractivity contribution in [1.29, 1.82) is 0 Å². The number of anilines is 1. The van der Waals surface area contributed by atoms with Crippen LogP contribution in [0.15, 0.2) is 36.7 Å².